The van der Waals surface area contributed by atoms with Crippen LogP contribution in [0.1, 0.15) is 19.8 Å². The fourth-order valence-electron chi connectivity index (χ4n) is 1.62. The zero-order chi connectivity index (χ0) is 11.5. The highest BCUT2D eigenvalue weighted by Crippen LogP contribution is 2.20. The fourth-order valence-corrected chi connectivity index (χ4v) is 1.62. The lowest BCUT2D eigenvalue weighted by atomic mass is 10.2. The van der Waals surface area contributed by atoms with E-state index in [9.17, 15) is 18.0 Å². The van der Waals surface area contributed by atoms with E-state index >= 15 is 0 Å². The van der Waals surface area contributed by atoms with Crippen LogP contribution in [0.4, 0.5) is 13.2 Å². The van der Waals surface area contributed by atoms with Gasteiger partial charge in [-0.05, 0) is 19.4 Å². The molecule has 1 fully saturated rings. The quantitative estimate of drug-likeness (QED) is 0.777. The topological polar surface area (TPSA) is 32.3 Å². The molecule has 0 aliphatic carbocycles. The van der Waals surface area contributed by atoms with Crippen LogP contribution >= 0.6 is 0 Å². The number of halogens is 3. The predicted octanol–water partition coefficient (Wildman–Crippen LogP) is 1.15. The van der Waals surface area contributed by atoms with Crippen LogP contribution in [0.25, 0.3) is 0 Å². The molecule has 0 saturated carbocycles. The minimum atomic E-state index is -4.30. The van der Waals surface area contributed by atoms with Gasteiger partial charge >= 0.3 is 6.18 Å². The zero-order valence-electron chi connectivity index (χ0n) is 8.60. The van der Waals surface area contributed by atoms with Crippen LogP contribution in [-0.4, -0.2) is 42.7 Å². The smallest absolute Gasteiger partial charge is 0.332 e. The normalized spacial score (nSPS) is 22.5. The van der Waals surface area contributed by atoms with E-state index < -0.39 is 24.7 Å². The van der Waals surface area contributed by atoms with E-state index in [1.54, 1.807) is 0 Å². The Morgan fingerprint density at radius 1 is 1.53 bits per heavy atom. The summed E-state index contributed by atoms with van der Waals surface area (Å²) in [5, 5.41) is 2.94. The first-order valence-electron chi connectivity index (χ1n) is 5.03. The number of carbonyl (C=O) groups is 1. The number of rotatable bonds is 4. The van der Waals surface area contributed by atoms with Crippen molar-refractivity contribution in [3.8, 4) is 0 Å². The lowest BCUT2D eigenvalue weighted by molar-refractivity contribution is -0.158. The van der Waals surface area contributed by atoms with E-state index in [0.29, 0.717) is 13.0 Å². The van der Waals surface area contributed by atoms with Gasteiger partial charge < -0.3 is 10.2 Å². The van der Waals surface area contributed by atoms with Gasteiger partial charge in [0.15, 0.2) is 0 Å². The molecule has 1 aliphatic heterocycles. The minimum Gasteiger partial charge on any atom is -0.332 e. The number of likely N-dealkylation sites (tertiary alicyclic amines) is 1. The molecule has 0 aromatic rings. The maximum Gasteiger partial charge on any atom is 0.406 e. The second kappa shape index (κ2) is 4.83. The van der Waals surface area contributed by atoms with Gasteiger partial charge in [0.25, 0.3) is 0 Å². The molecule has 1 rings (SSSR count). The van der Waals surface area contributed by atoms with Crippen molar-refractivity contribution < 1.29 is 18.0 Å². The van der Waals surface area contributed by atoms with Crippen molar-refractivity contribution in [1.82, 2.24) is 10.2 Å². The van der Waals surface area contributed by atoms with E-state index in [4.69, 9.17) is 0 Å². The van der Waals surface area contributed by atoms with Crippen molar-refractivity contribution in [1.29, 1.82) is 0 Å². The summed E-state index contributed by atoms with van der Waals surface area (Å²) < 4.78 is 36.1. The summed E-state index contributed by atoms with van der Waals surface area (Å²) in [6, 6.07) is -0.424. The second-order valence-corrected chi connectivity index (χ2v) is 3.67. The molecule has 0 aromatic heterocycles. The monoisotopic (exact) mass is 224 g/mol. The van der Waals surface area contributed by atoms with Crippen molar-refractivity contribution in [2.45, 2.75) is 32.0 Å². The van der Waals surface area contributed by atoms with Gasteiger partial charge in [-0.1, -0.05) is 6.92 Å². The summed E-state index contributed by atoms with van der Waals surface area (Å²) in [5.74, 6) is -0.430. The first-order chi connectivity index (χ1) is 6.94. The highest BCUT2D eigenvalue weighted by Gasteiger charge is 2.38. The lowest BCUT2D eigenvalue weighted by Gasteiger charge is -2.18. The van der Waals surface area contributed by atoms with E-state index in [2.05, 4.69) is 5.32 Å². The highest BCUT2D eigenvalue weighted by molar-refractivity contribution is 5.84. The molecular weight excluding hydrogens is 209 g/mol. The average molecular weight is 224 g/mol. The molecule has 1 heterocycles. The van der Waals surface area contributed by atoms with Gasteiger partial charge in [-0.2, -0.15) is 13.2 Å². The standard InChI is InChI=1S/C9H15F3N2O/c1-2-4-13-7-3-5-14(8(7)15)6-9(10,11)12/h7,13H,2-6H2,1H3. The summed E-state index contributed by atoms with van der Waals surface area (Å²) in [4.78, 5) is 12.3. The van der Waals surface area contributed by atoms with Crippen LogP contribution in [0.3, 0.4) is 0 Å². The van der Waals surface area contributed by atoms with E-state index in [1.807, 2.05) is 6.92 Å². The molecule has 1 unspecified atom stereocenters. The molecule has 1 amide bonds. The third-order valence-corrected chi connectivity index (χ3v) is 2.31. The van der Waals surface area contributed by atoms with Crippen LogP contribution < -0.4 is 5.32 Å². The van der Waals surface area contributed by atoms with Gasteiger partial charge in [-0.15, -0.1) is 0 Å². The van der Waals surface area contributed by atoms with Crippen molar-refractivity contribution in [2.75, 3.05) is 19.6 Å². The molecule has 0 spiro atoms. The molecule has 6 heteroatoms. The molecule has 1 aliphatic rings. The number of carbonyl (C=O) groups excluding carboxylic acids is 1. The van der Waals surface area contributed by atoms with Crippen molar-refractivity contribution in [2.24, 2.45) is 0 Å². The minimum absolute atomic E-state index is 0.194. The zero-order valence-corrected chi connectivity index (χ0v) is 8.60. The molecule has 1 saturated heterocycles. The van der Waals surface area contributed by atoms with Crippen LogP contribution in [-0.2, 0) is 4.79 Å². The maximum absolute atomic E-state index is 12.0. The first kappa shape index (κ1) is 12.3. The Hall–Kier alpha value is -0.780. The first-order valence-corrected chi connectivity index (χ1v) is 5.03. The third-order valence-electron chi connectivity index (χ3n) is 2.31. The van der Waals surface area contributed by atoms with Crippen LogP contribution in [0.2, 0.25) is 0 Å². The van der Waals surface area contributed by atoms with Crippen molar-refractivity contribution in [3.63, 3.8) is 0 Å². The lowest BCUT2D eigenvalue weighted by Crippen LogP contribution is -2.41. The van der Waals surface area contributed by atoms with E-state index in [0.717, 1.165) is 11.3 Å². The molecule has 0 bridgehead atoms. The Labute approximate surface area is 86.6 Å². The maximum atomic E-state index is 12.0. The fraction of sp³-hybridized carbons (Fsp3) is 0.889. The Kier molecular flexibility index (Phi) is 3.96. The summed E-state index contributed by atoms with van der Waals surface area (Å²) >= 11 is 0. The molecule has 0 radical (unpaired) electrons. The number of amides is 1. The van der Waals surface area contributed by atoms with Gasteiger partial charge in [0.05, 0.1) is 6.04 Å². The van der Waals surface area contributed by atoms with Gasteiger partial charge in [-0.25, -0.2) is 0 Å². The number of hydrogen-bond donors (Lipinski definition) is 1. The van der Waals surface area contributed by atoms with Crippen LogP contribution in [0, 0.1) is 0 Å². The molecule has 1 atom stereocenters. The molecule has 3 nitrogen and oxygen atoms in total. The van der Waals surface area contributed by atoms with Gasteiger partial charge in [-0.3, -0.25) is 4.79 Å². The largest absolute Gasteiger partial charge is 0.406 e. The molecule has 1 N–H and O–H groups in total. The Morgan fingerprint density at radius 2 is 2.20 bits per heavy atom. The predicted molar refractivity (Wildman–Crippen MR) is 49.3 cm³/mol. The Morgan fingerprint density at radius 3 is 2.73 bits per heavy atom. The van der Waals surface area contributed by atoms with Crippen molar-refractivity contribution >= 4 is 5.91 Å². The molecule has 88 valence electrons. The Bertz CT molecular complexity index is 230. The number of hydrogen-bond acceptors (Lipinski definition) is 2. The molecule has 15 heavy (non-hydrogen) atoms. The summed E-state index contributed by atoms with van der Waals surface area (Å²) in [7, 11) is 0. The van der Waals surface area contributed by atoms with Crippen molar-refractivity contribution in [3.05, 3.63) is 0 Å². The third kappa shape index (κ3) is 3.70. The summed E-state index contributed by atoms with van der Waals surface area (Å²) in [6.45, 7) is 1.67. The van der Waals surface area contributed by atoms with Gasteiger partial charge in [0, 0.05) is 6.54 Å². The van der Waals surface area contributed by atoms with Gasteiger partial charge in [0.1, 0.15) is 6.54 Å². The van der Waals surface area contributed by atoms with Gasteiger partial charge in [0.2, 0.25) is 5.91 Å². The second-order valence-electron chi connectivity index (χ2n) is 3.67. The van der Waals surface area contributed by atoms with E-state index in [-0.39, 0.29) is 6.54 Å². The SMILES string of the molecule is CCCNC1CCN(CC(F)(F)F)C1=O. The Balaban J connectivity index is 2.42. The summed E-state index contributed by atoms with van der Waals surface area (Å²) in [5.41, 5.74) is 0. The van der Waals surface area contributed by atoms with Crippen LogP contribution in [0.5, 0.6) is 0 Å². The number of alkyl halides is 3. The highest BCUT2D eigenvalue weighted by atomic mass is 19.4. The average Bonchev–Trinajstić information content (AvgIpc) is 2.43. The molecule has 0 aromatic carbocycles. The number of nitrogens with zero attached hydrogens (tertiary/aromatic N) is 1. The van der Waals surface area contributed by atoms with Crippen LogP contribution in [0.15, 0.2) is 0 Å². The molecular formula is C9H15F3N2O. The number of nitrogens with one attached hydrogen (secondary N) is 1. The summed E-state index contributed by atoms with van der Waals surface area (Å²) in [6.07, 6.45) is -2.97. The van der Waals surface area contributed by atoms with E-state index in [1.165, 1.54) is 0 Å².